The maximum atomic E-state index is 12.5. The number of hydrogen-bond acceptors (Lipinski definition) is 5. The number of nitrogens with zero attached hydrogens (tertiary/aromatic N) is 1. The molecule has 0 aliphatic rings. The second kappa shape index (κ2) is 8.43. The summed E-state index contributed by atoms with van der Waals surface area (Å²) in [5.74, 6) is -0.456. The van der Waals surface area contributed by atoms with Crippen LogP contribution in [0.2, 0.25) is 0 Å². The van der Waals surface area contributed by atoms with Crippen molar-refractivity contribution in [3.05, 3.63) is 43.1 Å². The average molecular weight is 382 g/mol. The first-order chi connectivity index (χ1) is 12.8. The molecule has 0 bridgehead atoms. The van der Waals surface area contributed by atoms with Gasteiger partial charge in [0.15, 0.2) is 18.1 Å². The molecule has 1 amide bonds. The van der Waals surface area contributed by atoms with E-state index >= 15 is 0 Å². The van der Waals surface area contributed by atoms with Crippen LogP contribution in [0, 0.1) is 0 Å². The third-order valence-electron chi connectivity index (χ3n) is 3.35. The fraction of sp³-hybridized carbons (Fsp3) is 0.222. The lowest BCUT2D eigenvalue weighted by Gasteiger charge is -2.17. The molecule has 1 N–H and O–H groups in total. The lowest BCUT2D eigenvalue weighted by atomic mass is 10.1. The van der Waals surface area contributed by atoms with Gasteiger partial charge in [0.2, 0.25) is 11.7 Å². The summed E-state index contributed by atoms with van der Waals surface area (Å²) in [5.41, 5.74) is 1.41. The van der Waals surface area contributed by atoms with E-state index in [0.29, 0.717) is 16.9 Å². The molecule has 0 saturated heterocycles. The number of alkyl halides is 3. The van der Waals surface area contributed by atoms with E-state index in [-0.39, 0.29) is 17.2 Å². The van der Waals surface area contributed by atoms with Crippen LogP contribution in [-0.4, -0.2) is 37.9 Å². The van der Waals surface area contributed by atoms with Crippen molar-refractivity contribution in [1.82, 2.24) is 4.98 Å². The van der Waals surface area contributed by atoms with E-state index in [2.05, 4.69) is 16.9 Å². The van der Waals surface area contributed by atoms with Crippen LogP contribution in [0.1, 0.15) is 0 Å². The lowest BCUT2D eigenvalue weighted by molar-refractivity contribution is -0.153. The summed E-state index contributed by atoms with van der Waals surface area (Å²) >= 11 is 0. The number of ether oxygens (including phenoxy) is 3. The maximum absolute atomic E-state index is 12.5. The van der Waals surface area contributed by atoms with E-state index in [9.17, 15) is 18.0 Å². The van der Waals surface area contributed by atoms with Crippen molar-refractivity contribution in [2.45, 2.75) is 6.18 Å². The molecule has 0 saturated carbocycles. The first-order valence-electron chi connectivity index (χ1n) is 7.62. The summed E-state index contributed by atoms with van der Waals surface area (Å²) in [6.07, 6.45) is -1.91. The molecule has 1 aromatic heterocycles. The highest BCUT2D eigenvalue weighted by atomic mass is 19.4. The Hall–Kier alpha value is -3.23. The number of methoxy groups -OCH3 is 2. The van der Waals surface area contributed by atoms with Crippen LogP contribution in [0.25, 0.3) is 11.3 Å². The number of anilines is 1. The van der Waals surface area contributed by atoms with Crippen LogP contribution >= 0.6 is 0 Å². The predicted octanol–water partition coefficient (Wildman–Crippen LogP) is 3.83. The van der Waals surface area contributed by atoms with Gasteiger partial charge in [-0.15, -0.1) is 0 Å². The molecule has 27 heavy (non-hydrogen) atoms. The highest BCUT2D eigenvalue weighted by molar-refractivity contribution is 5.99. The van der Waals surface area contributed by atoms with Gasteiger partial charge in [-0.3, -0.25) is 9.78 Å². The second-order valence-corrected chi connectivity index (χ2v) is 5.24. The van der Waals surface area contributed by atoms with Crippen molar-refractivity contribution in [3.8, 4) is 28.5 Å². The molecular formula is C18H17F3N2O4. The minimum Gasteiger partial charge on any atom is -0.493 e. The van der Waals surface area contributed by atoms with Gasteiger partial charge in [0.1, 0.15) is 0 Å². The molecule has 144 valence electrons. The first kappa shape index (κ1) is 20.1. The van der Waals surface area contributed by atoms with Crippen LogP contribution in [0.5, 0.6) is 17.2 Å². The smallest absolute Gasteiger partial charge is 0.422 e. The molecular weight excluding hydrogens is 365 g/mol. The molecule has 0 radical (unpaired) electrons. The molecule has 0 aliphatic carbocycles. The predicted molar refractivity (Wildman–Crippen MR) is 93.2 cm³/mol. The van der Waals surface area contributed by atoms with Gasteiger partial charge >= 0.3 is 6.18 Å². The van der Waals surface area contributed by atoms with E-state index in [4.69, 9.17) is 14.2 Å². The molecule has 6 nitrogen and oxygen atoms in total. The number of carbonyl (C=O) groups excluding carboxylic acids is 1. The second-order valence-electron chi connectivity index (χ2n) is 5.24. The van der Waals surface area contributed by atoms with Crippen molar-refractivity contribution in [2.75, 3.05) is 26.1 Å². The third kappa shape index (κ3) is 5.37. The number of rotatable bonds is 7. The van der Waals surface area contributed by atoms with Gasteiger partial charge in [0.25, 0.3) is 0 Å². The van der Waals surface area contributed by atoms with Crippen LogP contribution in [0.4, 0.5) is 18.9 Å². The number of halogens is 3. The van der Waals surface area contributed by atoms with Gasteiger partial charge in [-0.1, -0.05) is 6.58 Å². The number of carbonyl (C=O) groups is 1. The third-order valence-corrected chi connectivity index (χ3v) is 3.35. The van der Waals surface area contributed by atoms with Crippen molar-refractivity contribution in [2.24, 2.45) is 0 Å². The minimum absolute atomic E-state index is 0.0518. The van der Waals surface area contributed by atoms with Gasteiger partial charge < -0.3 is 19.5 Å². The number of amides is 1. The van der Waals surface area contributed by atoms with Gasteiger partial charge in [-0.25, -0.2) is 0 Å². The van der Waals surface area contributed by atoms with Gasteiger partial charge in [-0.2, -0.15) is 13.2 Å². The zero-order chi connectivity index (χ0) is 20.0. The number of hydrogen-bond donors (Lipinski definition) is 1. The van der Waals surface area contributed by atoms with Crippen molar-refractivity contribution < 1.29 is 32.2 Å². The Morgan fingerprint density at radius 1 is 1.22 bits per heavy atom. The summed E-state index contributed by atoms with van der Waals surface area (Å²) in [7, 11) is 2.60. The van der Waals surface area contributed by atoms with E-state index in [1.165, 1.54) is 32.5 Å². The lowest BCUT2D eigenvalue weighted by Crippen LogP contribution is -2.19. The largest absolute Gasteiger partial charge is 0.493 e. The van der Waals surface area contributed by atoms with Crippen LogP contribution in [0.15, 0.2) is 43.1 Å². The summed E-state index contributed by atoms with van der Waals surface area (Å²) in [4.78, 5) is 15.6. The normalized spacial score (nSPS) is 10.9. The Kier molecular flexibility index (Phi) is 6.27. The zero-order valence-electron chi connectivity index (χ0n) is 14.6. The van der Waals surface area contributed by atoms with E-state index in [1.54, 1.807) is 12.1 Å². The van der Waals surface area contributed by atoms with Crippen LogP contribution in [0.3, 0.4) is 0 Å². The van der Waals surface area contributed by atoms with Gasteiger partial charge in [-0.05, 0) is 30.3 Å². The average Bonchev–Trinajstić information content (AvgIpc) is 2.65. The Morgan fingerprint density at radius 2 is 1.85 bits per heavy atom. The standard InChI is InChI=1S/C18H17F3N2O4/c1-4-16(24)23-12-5-6-22-13(9-12)11-7-14(25-2)17(15(8-11)26-3)27-10-18(19,20)21/h4-9H,1,10H2,2-3H3,(H,22,23,24). The highest BCUT2D eigenvalue weighted by Gasteiger charge is 2.30. The molecule has 2 aromatic rings. The van der Waals surface area contributed by atoms with Crippen molar-refractivity contribution in [1.29, 1.82) is 0 Å². The molecule has 0 aliphatic heterocycles. The summed E-state index contributed by atoms with van der Waals surface area (Å²) < 4.78 is 52.6. The quantitative estimate of drug-likeness (QED) is 0.737. The topological polar surface area (TPSA) is 69.7 Å². The van der Waals surface area contributed by atoms with Gasteiger partial charge in [0, 0.05) is 17.4 Å². The molecule has 0 fully saturated rings. The SMILES string of the molecule is C=CC(=O)Nc1ccnc(-c2cc(OC)c(OCC(F)(F)F)c(OC)c2)c1. The Morgan fingerprint density at radius 3 is 2.37 bits per heavy atom. The molecule has 9 heteroatoms. The summed E-state index contributed by atoms with van der Waals surface area (Å²) in [6, 6.07) is 6.11. The Bertz CT molecular complexity index is 813. The van der Waals surface area contributed by atoms with Crippen LogP contribution in [-0.2, 0) is 4.79 Å². The summed E-state index contributed by atoms with van der Waals surface area (Å²) in [6.45, 7) is 1.89. The summed E-state index contributed by atoms with van der Waals surface area (Å²) in [5, 5.41) is 2.60. The van der Waals surface area contributed by atoms with E-state index in [0.717, 1.165) is 6.08 Å². The Balaban J connectivity index is 2.42. The first-order valence-corrected chi connectivity index (χ1v) is 7.62. The number of benzene rings is 1. The number of nitrogens with one attached hydrogen (secondary N) is 1. The number of aromatic nitrogens is 1. The molecule has 2 rings (SSSR count). The minimum atomic E-state index is -4.51. The molecule has 1 aromatic carbocycles. The fourth-order valence-electron chi connectivity index (χ4n) is 2.18. The monoisotopic (exact) mass is 382 g/mol. The zero-order valence-corrected chi connectivity index (χ0v) is 14.6. The maximum Gasteiger partial charge on any atom is 0.422 e. The van der Waals surface area contributed by atoms with E-state index < -0.39 is 18.7 Å². The van der Waals surface area contributed by atoms with Crippen LogP contribution < -0.4 is 19.5 Å². The molecule has 1 heterocycles. The highest BCUT2D eigenvalue weighted by Crippen LogP contribution is 2.42. The Labute approximate surface area is 153 Å². The van der Waals surface area contributed by atoms with E-state index in [1.807, 2.05) is 0 Å². The number of pyridine rings is 1. The molecule has 0 atom stereocenters. The fourth-order valence-corrected chi connectivity index (χ4v) is 2.18. The van der Waals surface area contributed by atoms with Crippen molar-refractivity contribution >= 4 is 11.6 Å². The van der Waals surface area contributed by atoms with Crippen molar-refractivity contribution in [3.63, 3.8) is 0 Å². The molecule has 0 unspecified atom stereocenters. The van der Waals surface area contributed by atoms with Gasteiger partial charge in [0.05, 0.1) is 19.9 Å². The molecule has 0 spiro atoms.